The molecule has 0 atom stereocenters. The van der Waals surface area contributed by atoms with Gasteiger partial charge in [-0.25, -0.2) is 0 Å². The number of nitrogens with two attached hydrogens (primary N) is 1. The molecule has 0 bridgehead atoms. The van der Waals surface area contributed by atoms with Crippen LogP contribution < -0.4 is 5.73 Å². The number of carbonyl (C=O) groups excluding carboxylic acids is 1. The topological polar surface area (TPSA) is 62.5 Å². The number of nitrogens with zero attached hydrogens (tertiary/aromatic N) is 3. The molecule has 0 saturated heterocycles. The molecule has 8 heteroatoms. The number of alkyl halides is 3. The summed E-state index contributed by atoms with van der Waals surface area (Å²) in [4.78, 5) is 18.6. The van der Waals surface area contributed by atoms with E-state index in [-0.39, 0.29) is 25.3 Å². The molecule has 1 aromatic heterocycles. The molecule has 1 amide bonds. The quantitative estimate of drug-likeness (QED) is 0.850. The third-order valence-electron chi connectivity index (χ3n) is 2.88. The third-order valence-corrected chi connectivity index (χ3v) is 2.88. The molecule has 118 valence electrons. The molecular weight excluding hydrogens is 285 g/mol. The van der Waals surface area contributed by atoms with E-state index in [9.17, 15) is 18.0 Å². The molecule has 1 heterocycles. The first-order valence-electron chi connectivity index (χ1n) is 6.39. The highest BCUT2D eigenvalue weighted by atomic mass is 19.4. The van der Waals surface area contributed by atoms with Crippen molar-refractivity contribution in [3.63, 3.8) is 0 Å². The van der Waals surface area contributed by atoms with Crippen molar-refractivity contribution >= 4 is 5.91 Å². The van der Waals surface area contributed by atoms with Crippen LogP contribution in [0.25, 0.3) is 0 Å². The molecule has 0 aliphatic rings. The molecule has 21 heavy (non-hydrogen) atoms. The molecule has 2 N–H and O–H groups in total. The molecular formula is C13H19F3N4O. The Bertz CT molecular complexity index is 477. The van der Waals surface area contributed by atoms with E-state index in [1.807, 2.05) is 19.0 Å². The van der Waals surface area contributed by atoms with Gasteiger partial charge in [-0.05, 0) is 26.2 Å². The highest BCUT2D eigenvalue weighted by Gasteiger charge is 2.34. The van der Waals surface area contributed by atoms with Crippen LogP contribution >= 0.6 is 0 Å². The number of amides is 1. The molecule has 1 rings (SSSR count). The number of hydrogen-bond donors (Lipinski definition) is 1. The van der Waals surface area contributed by atoms with Crippen molar-refractivity contribution in [1.29, 1.82) is 0 Å². The normalized spacial score (nSPS) is 11.8. The van der Waals surface area contributed by atoms with Crippen LogP contribution in [-0.2, 0) is 17.5 Å². The van der Waals surface area contributed by atoms with Crippen molar-refractivity contribution in [2.24, 2.45) is 5.73 Å². The Morgan fingerprint density at radius 1 is 1.33 bits per heavy atom. The van der Waals surface area contributed by atoms with Crippen LogP contribution in [0.2, 0.25) is 0 Å². The Balaban J connectivity index is 2.96. The lowest BCUT2D eigenvalue weighted by atomic mass is 10.1. The van der Waals surface area contributed by atoms with E-state index in [4.69, 9.17) is 5.73 Å². The summed E-state index contributed by atoms with van der Waals surface area (Å²) in [6.07, 6.45) is -3.22. The predicted molar refractivity (Wildman–Crippen MR) is 72.3 cm³/mol. The van der Waals surface area contributed by atoms with E-state index in [2.05, 4.69) is 4.98 Å². The Morgan fingerprint density at radius 2 is 2.00 bits per heavy atom. The van der Waals surface area contributed by atoms with Crippen LogP contribution in [0.3, 0.4) is 0 Å². The summed E-state index contributed by atoms with van der Waals surface area (Å²) >= 11 is 0. The van der Waals surface area contributed by atoms with Gasteiger partial charge in [0.05, 0.1) is 24.3 Å². The van der Waals surface area contributed by atoms with Crippen molar-refractivity contribution < 1.29 is 18.0 Å². The molecule has 0 aliphatic carbocycles. The van der Waals surface area contributed by atoms with E-state index in [1.165, 1.54) is 17.2 Å². The van der Waals surface area contributed by atoms with Gasteiger partial charge in [0.2, 0.25) is 5.91 Å². The fourth-order valence-corrected chi connectivity index (χ4v) is 1.74. The minimum absolute atomic E-state index is 0.175. The number of pyridine rings is 1. The number of rotatable bonds is 6. The van der Waals surface area contributed by atoms with E-state index in [0.717, 1.165) is 6.07 Å². The summed E-state index contributed by atoms with van der Waals surface area (Å²) in [5.74, 6) is -0.407. The SMILES string of the molecule is CN(C)CCN(Cc1ncccc1C(F)(F)F)C(=O)CN. The van der Waals surface area contributed by atoms with Crippen LogP contribution in [0.1, 0.15) is 11.3 Å². The summed E-state index contributed by atoms with van der Waals surface area (Å²) in [6.45, 7) is 0.359. The van der Waals surface area contributed by atoms with E-state index in [1.54, 1.807) is 0 Å². The first kappa shape index (κ1) is 17.4. The molecule has 0 spiro atoms. The summed E-state index contributed by atoms with van der Waals surface area (Å²) in [5, 5.41) is 0. The van der Waals surface area contributed by atoms with Crippen LogP contribution in [0.15, 0.2) is 18.3 Å². The fraction of sp³-hybridized carbons (Fsp3) is 0.538. The number of hydrogen-bond acceptors (Lipinski definition) is 4. The Hall–Kier alpha value is -1.67. The summed E-state index contributed by atoms with van der Waals surface area (Å²) < 4.78 is 38.8. The minimum atomic E-state index is -4.50. The molecule has 0 unspecified atom stereocenters. The second-order valence-electron chi connectivity index (χ2n) is 4.82. The number of carbonyl (C=O) groups is 1. The van der Waals surface area contributed by atoms with Gasteiger partial charge >= 0.3 is 6.18 Å². The summed E-state index contributed by atoms with van der Waals surface area (Å²) in [6, 6.07) is 2.18. The first-order valence-corrected chi connectivity index (χ1v) is 6.39. The lowest BCUT2D eigenvalue weighted by molar-refractivity contribution is -0.140. The van der Waals surface area contributed by atoms with Gasteiger partial charge in [0.15, 0.2) is 0 Å². The van der Waals surface area contributed by atoms with Gasteiger partial charge in [-0.1, -0.05) is 0 Å². The smallest absolute Gasteiger partial charge is 0.334 e. The minimum Gasteiger partial charge on any atom is -0.334 e. The molecule has 0 aromatic carbocycles. The van der Waals surface area contributed by atoms with Gasteiger partial charge < -0.3 is 15.5 Å². The zero-order chi connectivity index (χ0) is 16.0. The van der Waals surface area contributed by atoms with Gasteiger partial charge in [0, 0.05) is 19.3 Å². The van der Waals surface area contributed by atoms with Gasteiger partial charge in [0.1, 0.15) is 0 Å². The lowest BCUT2D eigenvalue weighted by Gasteiger charge is -2.24. The Labute approximate surface area is 121 Å². The molecule has 0 fully saturated rings. The number of halogens is 3. The van der Waals surface area contributed by atoms with Gasteiger partial charge in [0.25, 0.3) is 0 Å². The Morgan fingerprint density at radius 3 is 2.52 bits per heavy atom. The van der Waals surface area contributed by atoms with Crippen molar-refractivity contribution in [3.8, 4) is 0 Å². The third kappa shape index (κ3) is 5.31. The second-order valence-corrected chi connectivity index (χ2v) is 4.82. The lowest BCUT2D eigenvalue weighted by Crippen LogP contribution is -2.40. The van der Waals surface area contributed by atoms with Crippen molar-refractivity contribution in [2.75, 3.05) is 33.7 Å². The van der Waals surface area contributed by atoms with Crippen LogP contribution in [-0.4, -0.2) is 54.4 Å². The average molecular weight is 304 g/mol. The standard InChI is InChI=1S/C13H19F3N4O/c1-19(2)6-7-20(12(21)8-17)9-11-10(13(14,15)16)4-3-5-18-11/h3-5H,6-9,17H2,1-2H3. The summed E-state index contributed by atoms with van der Waals surface area (Å²) in [7, 11) is 3.63. The second kappa shape index (κ2) is 7.37. The van der Waals surface area contributed by atoms with E-state index < -0.39 is 17.6 Å². The van der Waals surface area contributed by atoms with Crippen molar-refractivity contribution in [1.82, 2.24) is 14.8 Å². The Kier molecular flexibility index (Phi) is 6.10. The maximum absolute atomic E-state index is 12.9. The molecule has 1 aromatic rings. The molecule has 0 radical (unpaired) electrons. The zero-order valence-corrected chi connectivity index (χ0v) is 12.0. The first-order chi connectivity index (χ1) is 9.75. The maximum atomic E-state index is 12.9. The van der Waals surface area contributed by atoms with Crippen LogP contribution in [0.4, 0.5) is 13.2 Å². The molecule has 0 aliphatic heterocycles. The monoisotopic (exact) mass is 304 g/mol. The number of aromatic nitrogens is 1. The van der Waals surface area contributed by atoms with Gasteiger partial charge in [-0.15, -0.1) is 0 Å². The summed E-state index contributed by atoms with van der Waals surface area (Å²) in [5.41, 5.74) is 4.30. The molecule has 5 nitrogen and oxygen atoms in total. The fourth-order valence-electron chi connectivity index (χ4n) is 1.74. The van der Waals surface area contributed by atoms with Crippen molar-refractivity contribution in [3.05, 3.63) is 29.6 Å². The predicted octanol–water partition coefficient (Wildman–Crippen LogP) is 0.949. The zero-order valence-electron chi connectivity index (χ0n) is 12.0. The molecule has 0 saturated carbocycles. The maximum Gasteiger partial charge on any atom is 0.418 e. The highest BCUT2D eigenvalue weighted by Crippen LogP contribution is 2.31. The number of likely N-dealkylation sites (N-methyl/N-ethyl adjacent to an activating group) is 1. The highest BCUT2D eigenvalue weighted by molar-refractivity contribution is 5.78. The average Bonchev–Trinajstić information content (AvgIpc) is 2.41. The van der Waals surface area contributed by atoms with Gasteiger partial charge in [-0.2, -0.15) is 13.2 Å². The van der Waals surface area contributed by atoms with Crippen molar-refractivity contribution in [2.45, 2.75) is 12.7 Å². The largest absolute Gasteiger partial charge is 0.418 e. The van der Waals surface area contributed by atoms with E-state index in [0.29, 0.717) is 6.54 Å². The van der Waals surface area contributed by atoms with E-state index >= 15 is 0 Å². The van der Waals surface area contributed by atoms with Crippen LogP contribution in [0, 0.1) is 0 Å². The van der Waals surface area contributed by atoms with Gasteiger partial charge in [-0.3, -0.25) is 9.78 Å². The van der Waals surface area contributed by atoms with Crippen LogP contribution in [0.5, 0.6) is 0 Å².